The number of aryl methyl sites for hydroxylation is 1. The maximum absolute atomic E-state index is 13.4. The Morgan fingerprint density at radius 1 is 0.892 bits per heavy atom. The molecule has 0 spiro atoms. The number of rotatable bonds is 5. The first-order chi connectivity index (χ1) is 18.0. The highest BCUT2D eigenvalue weighted by Crippen LogP contribution is 2.50. The van der Waals surface area contributed by atoms with Crippen molar-refractivity contribution in [3.63, 3.8) is 0 Å². The number of fused-ring (bicyclic) bond motifs is 4. The predicted molar refractivity (Wildman–Crippen MR) is 141 cm³/mol. The number of hydrogen-bond donors (Lipinski definition) is 1. The number of carbonyl (C=O) groups is 1. The molecule has 1 aromatic heterocycles. The maximum atomic E-state index is 13.4. The fourth-order valence-corrected chi connectivity index (χ4v) is 5.07. The lowest BCUT2D eigenvalue weighted by Gasteiger charge is -2.40. The topological polar surface area (TPSA) is 90.2 Å². The molecule has 0 saturated carbocycles. The van der Waals surface area contributed by atoms with E-state index in [0.29, 0.717) is 28.8 Å². The summed E-state index contributed by atoms with van der Waals surface area (Å²) in [5.74, 6) is 2.12. The number of nitrogens with zero attached hydrogens (tertiary/aromatic N) is 4. The molecule has 2 aliphatic heterocycles. The van der Waals surface area contributed by atoms with Gasteiger partial charge in [-0.3, -0.25) is 4.79 Å². The molecule has 9 heteroatoms. The summed E-state index contributed by atoms with van der Waals surface area (Å²) in [5, 5.41) is 7.84. The smallest absolute Gasteiger partial charge is 0.291 e. The van der Waals surface area contributed by atoms with Crippen molar-refractivity contribution >= 4 is 28.9 Å². The van der Waals surface area contributed by atoms with Crippen LogP contribution in [0.25, 0.3) is 5.69 Å². The lowest BCUT2D eigenvalue weighted by atomic mass is 9.92. The van der Waals surface area contributed by atoms with Crippen LogP contribution in [0.1, 0.15) is 22.9 Å². The van der Waals surface area contributed by atoms with Gasteiger partial charge in [0.15, 0.2) is 17.3 Å². The lowest BCUT2D eigenvalue weighted by Crippen LogP contribution is -2.48. The summed E-state index contributed by atoms with van der Waals surface area (Å²) in [6.07, 6.45) is 0. The number of amidine groups is 1. The Balaban J connectivity index is 1.67. The summed E-state index contributed by atoms with van der Waals surface area (Å²) in [6.45, 7) is 1.96. The number of aromatic nitrogens is 2. The molecule has 1 amide bonds. The molecule has 6 rings (SSSR count). The van der Waals surface area contributed by atoms with Crippen molar-refractivity contribution in [3.8, 4) is 22.9 Å². The number of benzene rings is 3. The van der Waals surface area contributed by atoms with Crippen molar-refractivity contribution in [3.05, 3.63) is 83.6 Å². The zero-order valence-electron chi connectivity index (χ0n) is 20.9. The fourth-order valence-electron chi connectivity index (χ4n) is 5.07. The van der Waals surface area contributed by atoms with Crippen LogP contribution in [-0.2, 0) is 4.79 Å². The molecule has 0 radical (unpaired) electrons. The zero-order valence-corrected chi connectivity index (χ0v) is 20.9. The Morgan fingerprint density at radius 2 is 1.57 bits per heavy atom. The third kappa shape index (κ3) is 3.42. The number of amides is 1. The van der Waals surface area contributed by atoms with Gasteiger partial charge in [0.1, 0.15) is 0 Å². The normalized spacial score (nSPS) is 15.7. The van der Waals surface area contributed by atoms with E-state index in [1.807, 2.05) is 78.6 Å². The van der Waals surface area contributed by atoms with Gasteiger partial charge in [-0.15, -0.1) is 0 Å². The van der Waals surface area contributed by atoms with Gasteiger partial charge < -0.3 is 24.4 Å². The number of para-hydroxylation sites is 3. The highest BCUT2D eigenvalue weighted by Gasteiger charge is 2.43. The van der Waals surface area contributed by atoms with Gasteiger partial charge in [-0.2, -0.15) is 5.10 Å². The van der Waals surface area contributed by atoms with Crippen LogP contribution in [-0.4, -0.2) is 42.9 Å². The van der Waals surface area contributed by atoms with Gasteiger partial charge in [0, 0.05) is 5.56 Å². The monoisotopic (exact) mass is 495 g/mol. The van der Waals surface area contributed by atoms with Gasteiger partial charge in [-0.25, -0.2) is 9.67 Å². The Bertz CT molecular complexity index is 1540. The molecule has 3 heterocycles. The van der Waals surface area contributed by atoms with Crippen LogP contribution in [0.4, 0.5) is 17.2 Å². The summed E-state index contributed by atoms with van der Waals surface area (Å²) in [5.41, 5.74) is 4.90. The molecule has 186 valence electrons. The van der Waals surface area contributed by atoms with Gasteiger partial charge in [0.05, 0.1) is 50.1 Å². The molecule has 9 nitrogen and oxygen atoms in total. The van der Waals surface area contributed by atoms with E-state index in [1.54, 1.807) is 26.0 Å². The molecule has 3 aromatic carbocycles. The molecule has 37 heavy (non-hydrogen) atoms. The van der Waals surface area contributed by atoms with E-state index in [4.69, 9.17) is 24.3 Å². The van der Waals surface area contributed by atoms with Gasteiger partial charge in [-0.1, -0.05) is 30.3 Å². The Labute approximate surface area is 213 Å². The summed E-state index contributed by atoms with van der Waals surface area (Å²) in [6, 6.07) is 20.8. The number of methoxy groups -OCH3 is 3. The van der Waals surface area contributed by atoms with Crippen molar-refractivity contribution in [1.82, 2.24) is 9.78 Å². The lowest BCUT2D eigenvalue weighted by molar-refractivity contribution is -0.110. The van der Waals surface area contributed by atoms with Crippen molar-refractivity contribution in [2.24, 2.45) is 4.99 Å². The van der Waals surface area contributed by atoms with E-state index >= 15 is 0 Å². The first-order valence-electron chi connectivity index (χ1n) is 11.8. The van der Waals surface area contributed by atoms with Gasteiger partial charge >= 0.3 is 0 Å². The molecule has 1 N–H and O–H groups in total. The number of carbonyl (C=O) groups excluding carboxylic acids is 1. The van der Waals surface area contributed by atoms with Crippen LogP contribution in [0.5, 0.6) is 17.2 Å². The van der Waals surface area contributed by atoms with Gasteiger partial charge in [0.25, 0.3) is 5.91 Å². The van der Waals surface area contributed by atoms with Crippen LogP contribution in [0.15, 0.2) is 71.7 Å². The first kappa shape index (κ1) is 22.7. The standard InChI is InChI=1S/C28H25N5O4/c1-16-23-24(17-14-21(35-2)25(37-4)22(15-17)36-3)32-20-13-9-8-12-19(20)29-28(34)27(32)30-26(23)33(31-16)18-10-6-5-7-11-18/h5-15,24H,1-4H3,(H,29,34). The van der Waals surface area contributed by atoms with E-state index in [0.717, 1.165) is 28.2 Å². The molecule has 4 aromatic rings. The average molecular weight is 496 g/mol. The molecule has 0 aliphatic carbocycles. The minimum atomic E-state index is -0.444. The number of hydrogen-bond acceptors (Lipinski definition) is 7. The van der Waals surface area contributed by atoms with Gasteiger partial charge in [-0.05, 0) is 48.9 Å². The van der Waals surface area contributed by atoms with Crippen LogP contribution < -0.4 is 24.4 Å². The number of anilines is 2. The second-order valence-electron chi connectivity index (χ2n) is 8.71. The molecule has 0 saturated heterocycles. The molecular formula is C28H25N5O4. The van der Waals surface area contributed by atoms with E-state index in [1.165, 1.54) is 0 Å². The number of aliphatic imine (C=N–C) groups is 1. The van der Waals surface area contributed by atoms with E-state index in [2.05, 4.69) is 5.32 Å². The Kier molecular flexibility index (Phi) is 5.33. The van der Waals surface area contributed by atoms with Crippen molar-refractivity contribution in [2.45, 2.75) is 13.0 Å². The van der Waals surface area contributed by atoms with Crippen LogP contribution in [0.2, 0.25) is 0 Å². The van der Waals surface area contributed by atoms with Crippen molar-refractivity contribution < 1.29 is 19.0 Å². The fraction of sp³-hybridized carbons (Fsp3) is 0.179. The number of ether oxygens (including phenoxy) is 3. The third-order valence-electron chi connectivity index (χ3n) is 6.67. The van der Waals surface area contributed by atoms with Gasteiger partial charge in [0.2, 0.25) is 11.6 Å². The second-order valence-corrected chi connectivity index (χ2v) is 8.71. The van der Waals surface area contributed by atoms with Crippen LogP contribution in [0, 0.1) is 6.92 Å². The number of nitrogens with one attached hydrogen (secondary N) is 1. The minimum absolute atomic E-state index is 0.280. The second kappa shape index (κ2) is 8.70. The largest absolute Gasteiger partial charge is 0.493 e. The quantitative estimate of drug-likeness (QED) is 0.428. The molecule has 2 aliphatic rings. The average Bonchev–Trinajstić information content (AvgIpc) is 3.27. The van der Waals surface area contributed by atoms with Crippen LogP contribution >= 0.6 is 0 Å². The summed E-state index contributed by atoms with van der Waals surface area (Å²) >= 11 is 0. The van der Waals surface area contributed by atoms with Crippen molar-refractivity contribution in [2.75, 3.05) is 31.5 Å². The highest BCUT2D eigenvalue weighted by atomic mass is 16.5. The highest BCUT2D eigenvalue weighted by molar-refractivity contribution is 6.50. The summed E-state index contributed by atoms with van der Waals surface area (Å²) < 4.78 is 18.7. The molecular weight excluding hydrogens is 470 g/mol. The minimum Gasteiger partial charge on any atom is -0.493 e. The first-order valence-corrected chi connectivity index (χ1v) is 11.8. The maximum Gasteiger partial charge on any atom is 0.291 e. The molecule has 0 fully saturated rings. The summed E-state index contributed by atoms with van der Waals surface area (Å²) in [7, 11) is 4.74. The zero-order chi connectivity index (χ0) is 25.7. The summed E-state index contributed by atoms with van der Waals surface area (Å²) in [4.78, 5) is 20.2. The SMILES string of the molecule is COc1cc(C2c3c(C)nn(-c4ccccc4)c3N=C3C(=O)Nc4ccccc4N32)cc(OC)c1OC. The van der Waals surface area contributed by atoms with Crippen molar-refractivity contribution in [1.29, 1.82) is 0 Å². The Morgan fingerprint density at radius 3 is 2.24 bits per heavy atom. The molecule has 1 unspecified atom stereocenters. The molecule has 0 bridgehead atoms. The Hall–Kier alpha value is -4.79. The van der Waals surface area contributed by atoms with Crippen LogP contribution in [0.3, 0.4) is 0 Å². The van der Waals surface area contributed by atoms with E-state index < -0.39 is 6.04 Å². The molecule has 1 atom stereocenters. The van der Waals surface area contributed by atoms with E-state index in [-0.39, 0.29) is 11.7 Å². The van der Waals surface area contributed by atoms with E-state index in [9.17, 15) is 4.79 Å². The third-order valence-corrected chi connectivity index (χ3v) is 6.67. The predicted octanol–water partition coefficient (Wildman–Crippen LogP) is 4.80.